The first-order valence-corrected chi connectivity index (χ1v) is 9.58. The topological polar surface area (TPSA) is 12.4 Å². The molecule has 0 fully saturated rings. The minimum absolute atomic E-state index is 0.571. The number of aliphatic imine (C=N–C) groups is 1. The van der Waals surface area contributed by atoms with Gasteiger partial charge in [-0.15, -0.1) is 0 Å². The van der Waals surface area contributed by atoms with Crippen LogP contribution in [0.15, 0.2) is 100 Å². The quantitative estimate of drug-likeness (QED) is 0.305. The van der Waals surface area contributed by atoms with Crippen LogP contribution in [0.2, 0.25) is 5.02 Å². The van der Waals surface area contributed by atoms with E-state index in [2.05, 4.69) is 4.99 Å². The Morgan fingerprint density at radius 3 is 2.14 bits per heavy atom. The summed E-state index contributed by atoms with van der Waals surface area (Å²) >= 11 is 7.62. The summed E-state index contributed by atoms with van der Waals surface area (Å²) in [5.74, 6) is 0. The maximum Gasteiger partial charge on any atom is 0.416 e. The van der Waals surface area contributed by atoms with Crippen molar-refractivity contribution < 1.29 is 13.2 Å². The van der Waals surface area contributed by atoms with Crippen LogP contribution in [0, 0.1) is 0 Å². The van der Waals surface area contributed by atoms with Crippen LogP contribution in [0.25, 0.3) is 0 Å². The Morgan fingerprint density at radius 1 is 0.857 bits per heavy atom. The van der Waals surface area contributed by atoms with Gasteiger partial charge >= 0.3 is 6.18 Å². The Labute approximate surface area is 170 Å². The van der Waals surface area contributed by atoms with Gasteiger partial charge in [0.2, 0.25) is 0 Å². The van der Waals surface area contributed by atoms with Gasteiger partial charge in [0.15, 0.2) is 0 Å². The molecule has 0 aliphatic rings. The highest BCUT2D eigenvalue weighted by molar-refractivity contribution is 8.02. The van der Waals surface area contributed by atoms with Crippen LogP contribution in [0.4, 0.5) is 18.9 Å². The first-order valence-electron chi connectivity index (χ1n) is 8.32. The van der Waals surface area contributed by atoms with E-state index in [0.29, 0.717) is 15.6 Å². The van der Waals surface area contributed by atoms with Crippen molar-refractivity contribution >= 4 is 34.8 Å². The van der Waals surface area contributed by atoms with Gasteiger partial charge in [-0.3, -0.25) is 0 Å². The molecule has 3 aromatic carbocycles. The van der Waals surface area contributed by atoms with Gasteiger partial charge in [-0.1, -0.05) is 59.8 Å². The monoisotopic (exact) mass is 417 g/mol. The Hall–Kier alpha value is -2.50. The average Bonchev–Trinajstić information content (AvgIpc) is 2.68. The molecule has 0 N–H and O–H groups in total. The Bertz CT molecular complexity index is 981. The van der Waals surface area contributed by atoms with E-state index in [1.807, 2.05) is 48.5 Å². The highest BCUT2D eigenvalue weighted by atomic mass is 35.5. The number of benzene rings is 3. The van der Waals surface area contributed by atoms with Crippen LogP contribution in [0.3, 0.4) is 0 Å². The minimum Gasteiger partial charge on any atom is -0.248 e. The summed E-state index contributed by atoms with van der Waals surface area (Å²) in [6.07, 6.45) is -2.53. The predicted molar refractivity (Wildman–Crippen MR) is 111 cm³/mol. The molecular formula is C22H15ClF3NS. The third-order valence-corrected chi connectivity index (χ3v) is 4.91. The number of nitrogens with zero attached hydrogens (tertiary/aromatic N) is 1. The van der Waals surface area contributed by atoms with Crippen molar-refractivity contribution in [3.63, 3.8) is 0 Å². The van der Waals surface area contributed by atoms with E-state index in [0.717, 1.165) is 23.4 Å². The third kappa shape index (κ3) is 5.50. The van der Waals surface area contributed by atoms with Crippen molar-refractivity contribution in [1.82, 2.24) is 0 Å². The lowest BCUT2D eigenvalue weighted by Gasteiger charge is -2.07. The maximum atomic E-state index is 12.7. The second-order valence-electron chi connectivity index (χ2n) is 5.76. The lowest BCUT2D eigenvalue weighted by atomic mass is 10.1. The number of rotatable bonds is 5. The van der Waals surface area contributed by atoms with E-state index in [-0.39, 0.29) is 0 Å². The maximum absolute atomic E-state index is 12.7. The number of thioether (sulfide) groups is 1. The molecule has 0 saturated heterocycles. The van der Waals surface area contributed by atoms with E-state index < -0.39 is 11.7 Å². The smallest absolute Gasteiger partial charge is 0.248 e. The van der Waals surface area contributed by atoms with E-state index in [4.69, 9.17) is 11.6 Å². The van der Waals surface area contributed by atoms with Crippen LogP contribution in [0.1, 0.15) is 11.1 Å². The summed E-state index contributed by atoms with van der Waals surface area (Å²) in [6.45, 7) is 0. The van der Waals surface area contributed by atoms with Crippen molar-refractivity contribution in [2.75, 3.05) is 0 Å². The molecule has 0 heterocycles. The number of hydrogen-bond donors (Lipinski definition) is 0. The highest BCUT2D eigenvalue weighted by Gasteiger charge is 2.29. The Balaban J connectivity index is 1.84. The van der Waals surface area contributed by atoms with Crippen molar-refractivity contribution in [1.29, 1.82) is 0 Å². The number of para-hydroxylation sites is 1. The number of allylic oxidation sites excluding steroid dienone is 1. The van der Waals surface area contributed by atoms with E-state index in [1.54, 1.807) is 17.6 Å². The van der Waals surface area contributed by atoms with Gasteiger partial charge in [-0.25, -0.2) is 4.99 Å². The molecule has 0 aliphatic heterocycles. The van der Waals surface area contributed by atoms with Gasteiger partial charge in [0.25, 0.3) is 0 Å². The largest absolute Gasteiger partial charge is 0.416 e. The van der Waals surface area contributed by atoms with Crippen LogP contribution >= 0.6 is 23.4 Å². The molecular weight excluding hydrogens is 403 g/mol. The normalized spacial score (nSPS) is 12.5. The summed E-state index contributed by atoms with van der Waals surface area (Å²) in [5, 5.41) is 2.36. The second-order valence-corrected chi connectivity index (χ2v) is 7.14. The first kappa shape index (κ1) is 20.2. The molecule has 0 unspecified atom stereocenters. The van der Waals surface area contributed by atoms with Crippen LogP contribution in [0.5, 0.6) is 0 Å². The average molecular weight is 418 g/mol. The van der Waals surface area contributed by atoms with Gasteiger partial charge < -0.3 is 0 Å². The third-order valence-electron chi connectivity index (χ3n) is 3.77. The van der Waals surface area contributed by atoms with Crippen molar-refractivity contribution in [3.05, 3.63) is 106 Å². The van der Waals surface area contributed by atoms with Gasteiger partial charge in [0.05, 0.1) is 17.0 Å². The zero-order valence-electron chi connectivity index (χ0n) is 14.5. The Kier molecular flexibility index (Phi) is 6.60. The van der Waals surface area contributed by atoms with Crippen molar-refractivity contribution in [2.24, 2.45) is 4.99 Å². The molecule has 6 heteroatoms. The molecule has 28 heavy (non-hydrogen) atoms. The predicted octanol–water partition coefficient (Wildman–Crippen LogP) is 7.79. The molecule has 142 valence electrons. The molecule has 0 bridgehead atoms. The lowest BCUT2D eigenvalue weighted by molar-refractivity contribution is -0.137. The van der Waals surface area contributed by atoms with Crippen molar-refractivity contribution in [3.8, 4) is 0 Å². The number of hydrogen-bond acceptors (Lipinski definition) is 2. The highest BCUT2D eigenvalue weighted by Crippen LogP contribution is 2.31. The molecule has 0 amide bonds. The van der Waals surface area contributed by atoms with E-state index >= 15 is 0 Å². The van der Waals surface area contributed by atoms with Crippen molar-refractivity contribution in [2.45, 2.75) is 11.1 Å². The second kappa shape index (κ2) is 9.13. The molecule has 3 aromatic rings. The van der Waals surface area contributed by atoms with Gasteiger partial charge in [-0.2, -0.15) is 13.2 Å². The van der Waals surface area contributed by atoms with Gasteiger partial charge in [0, 0.05) is 15.5 Å². The van der Waals surface area contributed by atoms with Crippen LogP contribution in [-0.2, 0) is 6.18 Å². The molecule has 0 atom stereocenters. The molecule has 3 rings (SSSR count). The SMILES string of the molecule is FC(F)(F)c1ccc(SC=CC(=Nc2ccccc2)c2ccccc2Cl)cc1. The van der Waals surface area contributed by atoms with Crippen LogP contribution in [-0.4, -0.2) is 5.71 Å². The summed E-state index contributed by atoms with van der Waals surface area (Å²) in [4.78, 5) is 5.35. The summed E-state index contributed by atoms with van der Waals surface area (Å²) in [5.41, 5.74) is 1.55. The van der Waals surface area contributed by atoms with Gasteiger partial charge in [-0.05, 0) is 53.9 Å². The zero-order valence-corrected chi connectivity index (χ0v) is 16.1. The molecule has 0 aromatic heterocycles. The molecule has 0 spiro atoms. The first-order chi connectivity index (χ1) is 13.4. The van der Waals surface area contributed by atoms with E-state index in [9.17, 15) is 13.2 Å². The lowest BCUT2D eigenvalue weighted by Crippen LogP contribution is -2.03. The summed E-state index contributed by atoms with van der Waals surface area (Å²) in [6, 6.07) is 21.9. The van der Waals surface area contributed by atoms with Crippen LogP contribution < -0.4 is 0 Å². The molecule has 0 radical (unpaired) electrons. The minimum atomic E-state index is -4.33. The molecule has 0 aliphatic carbocycles. The zero-order chi connectivity index (χ0) is 20.0. The van der Waals surface area contributed by atoms with Gasteiger partial charge in [0.1, 0.15) is 0 Å². The number of alkyl halides is 3. The summed E-state index contributed by atoms with van der Waals surface area (Å²) < 4.78 is 38.0. The molecule has 1 nitrogen and oxygen atoms in total. The Morgan fingerprint density at radius 2 is 1.50 bits per heavy atom. The standard InChI is InChI=1S/C22H15ClF3NS/c23-20-9-5-4-8-19(20)21(27-17-6-2-1-3-7-17)14-15-28-18-12-10-16(11-13-18)22(24,25)26/h1-15H. The number of halogens is 4. The fourth-order valence-corrected chi connectivity index (χ4v) is 3.28. The summed E-state index contributed by atoms with van der Waals surface area (Å²) in [7, 11) is 0. The van der Waals surface area contributed by atoms with E-state index in [1.165, 1.54) is 23.9 Å². The fraction of sp³-hybridized carbons (Fsp3) is 0.0455. The fourth-order valence-electron chi connectivity index (χ4n) is 2.40. The molecule has 0 saturated carbocycles.